The Morgan fingerprint density at radius 1 is 1.04 bits per heavy atom. The van der Waals surface area contributed by atoms with Gasteiger partial charge in [-0.25, -0.2) is 9.80 Å². The normalized spacial score (nSPS) is 13.4. The minimum atomic E-state index is -0.590. The molecule has 0 spiro atoms. The zero-order valence-corrected chi connectivity index (χ0v) is 16.1. The average Bonchev–Trinajstić information content (AvgIpc) is 3.22. The molecular formula is C22H24N2O4. The van der Waals surface area contributed by atoms with Gasteiger partial charge in [-0.2, -0.15) is 5.10 Å². The van der Waals surface area contributed by atoms with Gasteiger partial charge in [0.25, 0.3) is 5.91 Å². The topological polar surface area (TPSA) is 68.2 Å². The predicted octanol–water partition coefficient (Wildman–Crippen LogP) is 3.37. The van der Waals surface area contributed by atoms with Crippen molar-refractivity contribution in [3.05, 3.63) is 65.7 Å². The summed E-state index contributed by atoms with van der Waals surface area (Å²) in [6.07, 6.45) is 0.680. The molecule has 0 radical (unpaired) electrons. The summed E-state index contributed by atoms with van der Waals surface area (Å²) in [5.74, 6) is 0.0818. The molecule has 0 unspecified atom stereocenters. The van der Waals surface area contributed by atoms with E-state index in [1.54, 1.807) is 0 Å². The first kappa shape index (κ1) is 19.6. The van der Waals surface area contributed by atoms with Crippen LogP contribution in [-0.4, -0.2) is 42.4 Å². The lowest BCUT2D eigenvalue weighted by Gasteiger charge is -2.12. The molecule has 0 aliphatic carbocycles. The van der Waals surface area contributed by atoms with Crippen LogP contribution in [0.1, 0.15) is 37.3 Å². The van der Waals surface area contributed by atoms with Gasteiger partial charge < -0.3 is 9.47 Å². The Hall–Kier alpha value is -3.15. The van der Waals surface area contributed by atoms with E-state index in [2.05, 4.69) is 18.9 Å². The van der Waals surface area contributed by atoms with Gasteiger partial charge in [0.15, 0.2) is 13.2 Å². The number of carbonyl (C=O) groups excluding carboxylic acids is 2. The smallest absolute Gasteiger partial charge is 0.344 e. The van der Waals surface area contributed by atoms with Crippen molar-refractivity contribution in [1.82, 2.24) is 5.01 Å². The summed E-state index contributed by atoms with van der Waals surface area (Å²) in [5, 5.41) is 5.68. The number of esters is 1. The number of nitrogens with zero attached hydrogens (tertiary/aromatic N) is 2. The van der Waals surface area contributed by atoms with Crippen LogP contribution >= 0.6 is 0 Å². The van der Waals surface area contributed by atoms with E-state index < -0.39 is 5.97 Å². The second-order valence-corrected chi connectivity index (χ2v) is 6.85. The van der Waals surface area contributed by atoms with E-state index in [9.17, 15) is 9.59 Å². The summed E-state index contributed by atoms with van der Waals surface area (Å²) >= 11 is 0. The zero-order chi connectivity index (χ0) is 19.9. The molecule has 2 aromatic carbocycles. The molecule has 1 aliphatic rings. The van der Waals surface area contributed by atoms with Crippen molar-refractivity contribution in [1.29, 1.82) is 0 Å². The molecule has 6 heteroatoms. The van der Waals surface area contributed by atoms with E-state index in [1.165, 1.54) is 10.6 Å². The van der Waals surface area contributed by atoms with Gasteiger partial charge in [0.2, 0.25) is 0 Å². The second kappa shape index (κ2) is 9.17. The number of rotatable bonds is 7. The Bertz CT molecular complexity index is 845. The molecule has 0 saturated carbocycles. The first-order chi connectivity index (χ1) is 13.5. The quantitative estimate of drug-likeness (QED) is 0.691. The summed E-state index contributed by atoms with van der Waals surface area (Å²) < 4.78 is 10.4. The van der Waals surface area contributed by atoms with E-state index >= 15 is 0 Å². The van der Waals surface area contributed by atoms with E-state index in [4.69, 9.17) is 9.47 Å². The van der Waals surface area contributed by atoms with Gasteiger partial charge in [-0.15, -0.1) is 0 Å². The lowest BCUT2D eigenvalue weighted by atomic mass is 10.0. The Kier molecular flexibility index (Phi) is 6.42. The highest BCUT2D eigenvalue weighted by Crippen LogP contribution is 2.18. The molecule has 6 nitrogen and oxygen atoms in total. The van der Waals surface area contributed by atoms with Crippen LogP contribution in [0.5, 0.6) is 5.75 Å². The Labute approximate surface area is 164 Å². The van der Waals surface area contributed by atoms with Crippen LogP contribution in [0.4, 0.5) is 0 Å². The fourth-order valence-electron chi connectivity index (χ4n) is 2.82. The van der Waals surface area contributed by atoms with Crippen molar-refractivity contribution in [2.45, 2.75) is 26.2 Å². The van der Waals surface area contributed by atoms with Crippen molar-refractivity contribution in [2.24, 2.45) is 5.10 Å². The number of benzene rings is 2. The standard InChI is InChI=1S/C22H24N2O4/c1-16(2)17-8-10-19(11-9-17)27-15-22(26)28-14-21(25)24-13-12-20(23-24)18-6-4-3-5-7-18/h3-11,16H,12-15H2,1-2H3. The SMILES string of the molecule is CC(C)c1ccc(OCC(=O)OCC(=O)N2CCC(c3ccccc3)=N2)cc1. The fourth-order valence-corrected chi connectivity index (χ4v) is 2.82. The molecule has 3 rings (SSSR count). The molecule has 2 aromatic rings. The highest BCUT2D eigenvalue weighted by atomic mass is 16.6. The van der Waals surface area contributed by atoms with Gasteiger partial charge in [0, 0.05) is 6.42 Å². The summed E-state index contributed by atoms with van der Waals surface area (Å²) in [5.41, 5.74) is 3.04. The van der Waals surface area contributed by atoms with Gasteiger partial charge >= 0.3 is 5.97 Å². The van der Waals surface area contributed by atoms with Crippen molar-refractivity contribution in [3.63, 3.8) is 0 Å². The number of ether oxygens (including phenoxy) is 2. The number of hydrogen-bond acceptors (Lipinski definition) is 5. The number of hydrazone groups is 1. The molecule has 1 aliphatic heterocycles. The first-order valence-electron chi connectivity index (χ1n) is 9.34. The van der Waals surface area contributed by atoms with Gasteiger partial charge in [0.05, 0.1) is 12.3 Å². The van der Waals surface area contributed by atoms with E-state index in [0.29, 0.717) is 24.6 Å². The summed E-state index contributed by atoms with van der Waals surface area (Å²) in [4.78, 5) is 24.0. The molecule has 146 valence electrons. The third-order valence-corrected chi connectivity index (χ3v) is 4.46. The molecule has 0 N–H and O–H groups in total. The van der Waals surface area contributed by atoms with Gasteiger partial charge in [-0.1, -0.05) is 56.3 Å². The van der Waals surface area contributed by atoms with Crippen LogP contribution < -0.4 is 4.74 Å². The van der Waals surface area contributed by atoms with E-state index in [0.717, 1.165) is 11.3 Å². The van der Waals surface area contributed by atoms with Crippen LogP contribution in [0.25, 0.3) is 0 Å². The highest BCUT2D eigenvalue weighted by Gasteiger charge is 2.22. The Morgan fingerprint density at radius 3 is 2.43 bits per heavy atom. The maximum Gasteiger partial charge on any atom is 0.344 e. The van der Waals surface area contributed by atoms with E-state index in [-0.39, 0.29) is 19.1 Å². The van der Waals surface area contributed by atoms with E-state index in [1.807, 2.05) is 54.6 Å². The van der Waals surface area contributed by atoms with Crippen molar-refractivity contribution >= 4 is 17.6 Å². The molecule has 0 atom stereocenters. The summed E-state index contributed by atoms with van der Waals surface area (Å²) in [6, 6.07) is 17.3. The average molecular weight is 380 g/mol. The number of carbonyl (C=O) groups is 2. The van der Waals surface area contributed by atoms with Crippen LogP contribution in [-0.2, 0) is 14.3 Å². The largest absolute Gasteiger partial charge is 0.482 e. The van der Waals surface area contributed by atoms with Crippen LogP contribution in [0.2, 0.25) is 0 Å². The van der Waals surface area contributed by atoms with Crippen molar-refractivity contribution < 1.29 is 19.1 Å². The van der Waals surface area contributed by atoms with Crippen molar-refractivity contribution in [2.75, 3.05) is 19.8 Å². The number of amides is 1. The maximum atomic E-state index is 12.2. The molecule has 1 heterocycles. The van der Waals surface area contributed by atoms with Gasteiger partial charge in [-0.3, -0.25) is 4.79 Å². The van der Waals surface area contributed by atoms with Gasteiger partial charge in [-0.05, 0) is 29.2 Å². The van der Waals surface area contributed by atoms with Gasteiger partial charge in [0.1, 0.15) is 5.75 Å². The predicted molar refractivity (Wildman–Crippen MR) is 106 cm³/mol. The summed E-state index contributed by atoms with van der Waals surface area (Å²) in [7, 11) is 0. The highest BCUT2D eigenvalue weighted by molar-refractivity contribution is 6.02. The van der Waals surface area contributed by atoms with Crippen molar-refractivity contribution in [3.8, 4) is 5.75 Å². The lowest BCUT2D eigenvalue weighted by Crippen LogP contribution is -2.29. The second-order valence-electron chi connectivity index (χ2n) is 6.85. The monoisotopic (exact) mass is 380 g/mol. The molecule has 0 saturated heterocycles. The molecule has 28 heavy (non-hydrogen) atoms. The van der Waals surface area contributed by atoms with Crippen LogP contribution in [0.3, 0.4) is 0 Å². The van der Waals surface area contributed by atoms with Crippen LogP contribution in [0.15, 0.2) is 59.7 Å². The molecule has 0 fully saturated rings. The fraction of sp³-hybridized carbons (Fsp3) is 0.318. The first-order valence-corrected chi connectivity index (χ1v) is 9.34. The molecular weight excluding hydrogens is 356 g/mol. The third kappa shape index (κ3) is 5.19. The minimum Gasteiger partial charge on any atom is -0.482 e. The molecule has 0 bridgehead atoms. The Morgan fingerprint density at radius 2 is 1.75 bits per heavy atom. The Balaban J connectivity index is 1.43. The minimum absolute atomic E-state index is 0.243. The lowest BCUT2D eigenvalue weighted by molar-refractivity contribution is -0.153. The zero-order valence-electron chi connectivity index (χ0n) is 16.1. The number of hydrogen-bond donors (Lipinski definition) is 0. The summed E-state index contributed by atoms with van der Waals surface area (Å²) in [6.45, 7) is 4.11. The maximum absolute atomic E-state index is 12.2. The third-order valence-electron chi connectivity index (χ3n) is 4.46. The molecule has 0 aromatic heterocycles. The van der Waals surface area contributed by atoms with Crippen LogP contribution in [0, 0.1) is 0 Å². The molecule has 1 amide bonds.